The molecule has 0 radical (unpaired) electrons. The zero-order chi connectivity index (χ0) is 14.0. The fourth-order valence-electron chi connectivity index (χ4n) is 1.47. The van der Waals surface area contributed by atoms with Crippen LogP contribution in [0.5, 0.6) is 0 Å². The van der Waals surface area contributed by atoms with Crippen LogP contribution >= 0.6 is 0 Å². The molecule has 0 aromatic carbocycles. The number of methoxy groups -OCH3 is 1. The molecule has 0 saturated carbocycles. The lowest BCUT2D eigenvalue weighted by Crippen LogP contribution is -2.36. The van der Waals surface area contributed by atoms with Crippen LogP contribution < -0.4 is 0 Å². The molecule has 1 N–H and O–H groups in total. The number of carbonyl (C=O) groups is 1. The first-order valence-corrected chi connectivity index (χ1v) is 7.74. The molecule has 0 rings (SSSR count). The Morgan fingerprint density at radius 3 is 2.44 bits per heavy atom. The van der Waals surface area contributed by atoms with Crippen molar-refractivity contribution in [1.82, 2.24) is 4.31 Å². The summed E-state index contributed by atoms with van der Waals surface area (Å²) in [5, 5.41) is 8.87. The van der Waals surface area contributed by atoms with Crippen molar-refractivity contribution >= 4 is 16.0 Å². The Balaban J connectivity index is 4.31. The number of carbonyl (C=O) groups excluding carboxylic acids is 1. The Bertz CT molecular complexity index is 328. The molecule has 0 aliphatic rings. The highest BCUT2D eigenvalue weighted by molar-refractivity contribution is 7.89. The number of hydrogen-bond acceptors (Lipinski definition) is 5. The van der Waals surface area contributed by atoms with Gasteiger partial charge in [0.05, 0.1) is 19.5 Å². The van der Waals surface area contributed by atoms with Gasteiger partial charge in [0.25, 0.3) is 0 Å². The Kier molecular flexibility index (Phi) is 8.95. The van der Waals surface area contributed by atoms with E-state index in [1.165, 1.54) is 11.4 Å². The minimum atomic E-state index is -3.40. The number of esters is 1. The van der Waals surface area contributed by atoms with Crippen LogP contribution in [-0.2, 0) is 19.6 Å². The molecule has 0 heterocycles. The lowest BCUT2D eigenvalue weighted by atomic mass is 10.3. The van der Waals surface area contributed by atoms with Gasteiger partial charge in [-0.15, -0.1) is 0 Å². The molecule has 7 heteroatoms. The summed E-state index contributed by atoms with van der Waals surface area (Å²) >= 11 is 0. The summed E-state index contributed by atoms with van der Waals surface area (Å²) in [5.74, 6) is -0.501. The van der Waals surface area contributed by atoms with Crippen LogP contribution in [0.15, 0.2) is 0 Å². The van der Waals surface area contributed by atoms with E-state index in [0.29, 0.717) is 6.54 Å². The van der Waals surface area contributed by atoms with E-state index in [1.807, 2.05) is 6.92 Å². The second-order valence-corrected chi connectivity index (χ2v) is 6.06. The largest absolute Gasteiger partial charge is 0.469 e. The highest BCUT2D eigenvalue weighted by Crippen LogP contribution is 2.07. The number of aliphatic hydroxyl groups is 1. The van der Waals surface area contributed by atoms with Crippen molar-refractivity contribution in [3.63, 3.8) is 0 Å². The summed E-state index contributed by atoms with van der Waals surface area (Å²) in [6.07, 6.45) is 1.98. The standard InChI is InChI=1S/C11H23NO5S/c1-3-4-7-12(8-9-13)18(15,16)10-5-6-11(14)17-2/h13H,3-10H2,1-2H3. The van der Waals surface area contributed by atoms with Gasteiger partial charge in [-0.25, -0.2) is 8.42 Å². The molecule has 0 aromatic heterocycles. The van der Waals surface area contributed by atoms with Crippen LogP contribution in [0.4, 0.5) is 0 Å². The van der Waals surface area contributed by atoms with Crippen LogP contribution in [0.3, 0.4) is 0 Å². The highest BCUT2D eigenvalue weighted by atomic mass is 32.2. The van der Waals surface area contributed by atoms with Gasteiger partial charge in [0.15, 0.2) is 0 Å². The highest BCUT2D eigenvalue weighted by Gasteiger charge is 2.20. The average molecular weight is 281 g/mol. The maximum Gasteiger partial charge on any atom is 0.305 e. The number of rotatable bonds is 10. The van der Waals surface area contributed by atoms with Crippen molar-refractivity contribution in [2.75, 3.05) is 32.6 Å². The van der Waals surface area contributed by atoms with Gasteiger partial charge >= 0.3 is 5.97 Å². The fraction of sp³-hybridized carbons (Fsp3) is 0.909. The first-order chi connectivity index (χ1) is 8.47. The second-order valence-electron chi connectivity index (χ2n) is 3.97. The monoisotopic (exact) mass is 281 g/mol. The predicted molar refractivity (Wildman–Crippen MR) is 68.6 cm³/mol. The number of unbranched alkanes of at least 4 members (excludes halogenated alkanes) is 1. The molecule has 0 unspecified atom stereocenters. The van der Waals surface area contributed by atoms with Crippen molar-refractivity contribution in [1.29, 1.82) is 0 Å². The molecule has 108 valence electrons. The zero-order valence-corrected chi connectivity index (χ0v) is 11.9. The number of aliphatic hydroxyl groups excluding tert-OH is 1. The van der Waals surface area contributed by atoms with Crippen LogP contribution in [0, 0.1) is 0 Å². The van der Waals surface area contributed by atoms with Crippen LogP contribution in [-0.4, -0.2) is 56.4 Å². The van der Waals surface area contributed by atoms with Crippen molar-refractivity contribution in [2.24, 2.45) is 0 Å². The first kappa shape index (κ1) is 17.3. The second kappa shape index (κ2) is 9.29. The van der Waals surface area contributed by atoms with Gasteiger partial charge in [-0.1, -0.05) is 13.3 Å². The summed E-state index contributed by atoms with van der Waals surface area (Å²) < 4.78 is 29.7. The van der Waals surface area contributed by atoms with Gasteiger partial charge in [0.2, 0.25) is 10.0 Å². The third-order valence-electron chi connectivity index (χ3n) is 2.51. The first-order valence-electron chi connectivity index (χ1n) is 6.13. The van der Waals surface area contributed by atoms with Gasteiger partial charge in [0, 0.05) is 19.5 Å². The normalized spacial score (nSPS) is 11.8. The molecule has 0 amide bonds. The van der Waals surface area contributed by atoms with Crippen LogP contribution in [0.25, 0.3) is 0 Å². The zero-order valence-electron chi connectivity index (χ0n) is 11.1. The molecule has 0 fully saturated rings. The van der Waals surface area contributed by atoms with Gasteiger partial charge in [-0.05, 0) is 12.8 Å². The van der Waals surface area contributed by atoms with Crippen molar-refractivity contribution in [3.05, 3.63) is 0 Å². The SMILES string of the molecule is CCCCN(CCO)S(=O)(=O)CCCC(=O)OC. The van der Waals surface area contributed by atoms with Gasteiger partial charge in [0.1, 0.15) is 0 Å². The Morgan fingerprint density at radius 1 is 1.28 bits per heavy atom. The molecule has 18 heavy (non-hydrogen) atoms. The third kappa shape index (κ3) is 6.93. The molecule has 0 aliphatic heterocycles. The lowest BCUT2D eigenvalue weighted by Gasteiger charge is -2.20. The van der Waals surface area contributed by atoms with E-state index >= 15 is 0 Å². The summed E-state index contributed by atoms with van der Waals surface area (Å²) in [4.78, 5) is 10.9. The number of sulfonamides is 1. The van der Waals surface area contributed by atoms with E-state index in [2.05, 4.69) is 4.74 Å². The maximum atomic E-state index is 12.0. The van der Waals surface area contributed by atoms with Crippen LogP contribution in [0.1, 0.15) is 32.6 Å². The average Bonchev–Trinajstić information content (AvgIpc) is 2.33. The van der Waals surface area contributed by atoms with Gasteiger partial charge in [-0.2, -0.15) is 4.31 Å². The smallest absolute Gasteiger partial charge is 0.305 e. The minimum absolute atomic E-state index is 0.0915. The molecule has 0 bridgehead atoms. The molecule has 6 nitrogen and oxygen atoms in total. The Hall–Kier alpha value is -0.660. The maximum absolute atomic E-state index is 12.0. The topological polar surface area (TPSA) is 83.9 Å². The van der Waals surface area contributed by atoms with E-state index in [-0.39, 0.29) is 31.7 Å². The molecule has 0 aromatic rings. The molecule has 0 aliphatic carbocycles. The Morgan fingerprint density at radius 2 is 1.94 bits per heavy atom. The third-order valence-corrected chi connectivity index (χ3v) is 4.47. The predicted octanol–water partition coefficient (Wildman–Crippen LogP) is 0.364. The van der Waals surface area contributed by atoms with E-state index in [0.717, 1.165) is 12.8 Å². The molecule has 0 spiro atoms. The number of ether oxygens (including phenoxy) is 1. The van der Waals surface area contributed by atoms with Crippen LogP contribution in [0.2, 0.25) is 0 Å². The summed E-state index contributed by atoms with van der Waals surface area (Å²) in [6, 6.07) is 0. The number of nitrogens with zero attached hydrogens (tertiary/aromatic N) is 1. The van der Waals surface area contributed by atoms with E-state index in [4.69, 9.17) is 5.11 Å². The molecular formula is C11H23NO5S. The molecule has 0 saturated heterocycles. The van der Waals surface area contributed by atoms with E-state index < -0.39 is 16.0 Å². The summed E-state index contributed by atoms with van der Waals surface area (Å²) in [7, 11) is -2.12. The van der Waals surface area contributed by atoms with Crippen molar-refractivity contribution in [2.45, 2.75) is 32.6 Å². The van der Waals surface area contributed by atoms with Gasteiger partial charge < -0.3 is 9.84 Å². The number of hydrogen-bond donors (Lipinski definition) is 1. The Labute approximate surface area is 109 Å². The molecular weight excluding hydrogens is 258 g/mol. The van der Waals surface area contributed by atoms with E-state index in [9.17, 15) is 13.2 Å². The summed E-state index contributed by atoms with van der Waals surface area (Å²) in [5.41, 5.74) is 0. The minimum Gasteiger partial charge on any atom is -0.469 e. The fourth-order valence-corrected chi connectivity index (χ4v) is 3.00. The summed E-state index contributed by atoms with van der Waals surface area (Å²) in [6.45, 7) is 2.30. The van der Waals surface area contributed by atoms with Gasteiger partial charge in [-0.3, -0.25) is 4.79 Å². The van der Waals surface area contributed by atoms with Crippen molar-refractivity contribution < 1.29 is 23.1 Å². The molecule has 0 atom stereocenters. The van der Waals surface area contributed by atoms with E-state index in [1.54, 1.807) is 0 Å². The quantitative estimate of drug-likeness (QED) is 0.585. The lowest BCUT2D eigenvalue weighted by molar-refractivity contribution is -0.140. The van der Waals surface area contributed by atoms with Crippen molar-refractivity contribution in [3.8, 4) is 0 Å².